The van der Waals surface area contributed by atoms with Crippen molar-refractivity contribution in [3.05, 3.63) is 27.8 Å². The molecule has 0 aromatic carbocycles. The summed E-state index contributed by atoms with van der Waals surface area (Å²) in [7, 11) is 0. The van der Waals surface area contributed by atoms with Crippen LogP contribution in [-0.2, 0) is 4.79 Å². The van der Waals surface area contributed by atoms with Crippen LogP contribution < -0.4 is 10.4 Å². The molecular formula is C35H56O4. The molecule has 0 aliphatic heterocycles. The minimum absolute atomic E-state index is 0.0946. The molecule has 0 saturated heterocycles. The van der Waals surface area contributed by atoms with Gasteiger partial charge in [0.2, 0.25) is 0 Å². The van der Waals surface area contributed by atoms with Gasteiger partial charge in [0.1, 0.15) is 11.5 Å². The predicted octanol–water partition coefficient (Wildman–Crippen LogP) is 10.1. The fourth-order valence-corrected chi connectivity index (χ4v) is 8.37. The van der Waals surface area contributed by atoms with E-state index in [2.05, 4.69) is 20.8 Å². The highest BCUT2D eigenvalue weighted by atomic mass is 16.5. The molecule has 0 spiro atoms. The van der Waals surface area contributed by atoms with E-state index >= 15 is 0 Å². The molecule has 0 amide bonds. The summed E-state index contributed by atoms with van der Waals surface area (Å²) in [5, 5.41) is 0. The molecule has 4 rings (SSSR count). The van der Waals surface area contributed by atoms with Gasteiger partial charge in [0.25, 0.3) is 0 Å². The number of carbonyl (C=O) groups is 1. The molecule has 0 bridgehead atoms. The minimum Gasteiger partial charge on any atom is -0.427 e. The summed E-state index contributed by atoms with van der Waals surface area (Å²) >= 11 is 0. The molecule has 1 aromatic rings. The first-order valence-electron chi connectivity index (χ1n) is 16.9. The van der Waals surface area contributed by atoms with Gasteiger partial charge < -0.3 is 9.15 Å². The third-order valence-corrected chi connectivity index (χ3v) is 10.7. The van der Waals surface area contributed by atoms with Crippen LogP contribution in [0, 0.1) is 23.7 Å². The van der Waals surface area contributed by atoms with Gasteiger partial charge in [-0.25, -0.2) is 4.79 Å². The Labute approximate surface area is 238 Å². The van der Waals surface area contributed by atoms with Crippen LogP contribution in [0.4, 0.5) is 0 Å². The standard InChI is InChI=1S/C35H56O4/c1-4-26(28-18-12-8-13-19-28)23-33(36)38-32-24-31(27(5-2)22-25-16-10-7-11-17-25)39-35(37)34(32)30(6-3)29-20-14-9-15-21-29/h24-30H,4-23H2,1-3H3/t26-,27-,30?/m1/s1. The van der Waals surface area contributed by atoms with E-state index in [1.54, 1.807) is 0 Å². The van der Waals surface area contributed by atoms with Gasteiger partial charge >= 0.3 is 11.6 Å². The van der Waals surface area contributed by atoms with Gasteiger partial charge in [0.05, 0.1) is 5.56 Å². The first-order chi connectivity index (χ1) is 19.0. The molecule has 3 fully saturated rings. The normalized spacial score (nSPS) is 22.3. The van der Waals surface area contributed by atoms with Crippen LogP contribution in [0.3, 0.4) is 0 Å². The van der Waals surface area contributed by atoms with Crippen molar-refractivity contribution in [3.63, 3.8) is 0 Å². The van der Waals surface area contributed by atoms with E-state index in [-0.39, 0.29) is 23.4 Å². The summed E-state index contributed by atoms with van der Waals surface area (Å²) in [6.07, 6.45) is 23.2. The van der Waals surface area contributed by atoms with Crippen LogP contribution in [-0.4, -0.2) is 5.97 Å². The molecule has 4 nitrogen and oxygen atoms in total. The lowest BCUT2D eigenvalue weighted by Gasteiger charge is -2.31. The minimum atomic E-state index is -0.255. The average molecular weight is 541 g/mol. The highest BCUT2D eigenvalue weighted by molar-refractivity contribution is 5.73. The van der Waals surface area contributed by atoms with E-state index in [0.29, 0.717) is 41.4 Å². The van der Waals surface area contributed by atoms with E-state index in [4.69, 9.17) is 9.15 Å². The van der Waals surface area contributed by atoms with E-state index in [0.717, 1.165) is 44.3 Å². The summed E-state index contributed by atoms with van der Waals surface area (Å²) in [5.74, 6) is 3.54. The second-order valence-electron chi connectivity index (χ2n) is 13.2. The maximum atomic E-state index is 13.8. The van der Waals surface area contributed by atoms with E-state index < -0.39 is 0 Å². The maximum absolute atomic E-state index is 13.8. The lowest BCUT2D eigenvalue weighted by molar-refractivity contribution is -0.136. The first kappa shape index (κ1) is 30.4. The molecule has 3 aliphatic rings. The summed E-state index contributed by atoms with van der Waals surface area (Å²) in [6.45, 7) is 6.58. The second kappa shape index (κ2) is 15.4. The monoisotopic (exact) mass is 540 g/mol. The van der Waals surface area contributed by atoms with Gasteiger partial charge in [-0.05, 0) is 61.7 Å². The third-order valence-electron chi connectivity index (χ3n) is 10.7. The third kappa shape index (κ3) is 8.23. The number of rotatable bonds is 12. The van der Waals surface area contributed by atoms with Gasteiger partial charge in [-0.15, -0.1) is 0 Å². The Balaban J connectivity index is 1.61. The van der Waals surface area contributed by atoms with E-state index in [1.165, 1.54) is 83.5 Å². The van der Waals surface area contributed by atoms with Crippen LogP contribution in [0.25, 0.3) is 0 Å². The molecule has 1 aromatic heterocycles. The molecule has 3 aliphatic carbocycles. The van der Waals surface area contributed by atoms with Crippen molar-refractivity contribution >= 4 is 5.97 Å². The molecular weight excluding hydrogens is 484 g/mol. The smallest absolute Gasteiger partial charge is 0.343 e. The highest BCUT2D eigenvalue weighted by Crippen LogP contribution is 2.42. The summed E-state index contributed by atoms with van der Waals surface area (Å²) in [6, 6.07) is 1.97. The van der Waals surface area contributed by atoms with Crippen LogP contribution in [0.15, 0.2) is 15.3 Å². The molecule has 4 heteroatoms. The Morgan fingerprint density at radius 1 is 0.821 bits per heavy atom. The van der Waals surface area contributed by atoms with Crippen molar-refractivity contribution in [1.82, 2.24) is 0 Å². The molecule has 39 heavy (non-hydrogen) atoms. The lowest BCUT2D eigenvalue weighted by atomic mass is 9.75. The van der Waals surface area contributed by atoms with Crippen molar-refractivity contribution < 1.29 is 13.9 Å². The van der Waals surface area contributed by atoms with Crippen molar-refractivity contribution in [3.8, 4) is 5.75 Å². The fraction of sp³-hybridized carbons (Fsp3) is 0.829. The van der Waals surface area contributed by atoms with E-state index in [1.807, 2.05) is 6.07 Å². The maximum Gasteiger partial charge on any atom is 0.343 e. The quantitative estimate of drug-likeness (QED) is 0.247. The summed E-state index contributed by atoms with van der Waals surface area (Å²) in [4.78, 5) is 27.3. The largest absolute Gasteiger partial charge is 0.427 e. The first-order valence-corrected chi connectivity index (χ1v) is 16.9. The zero-order valence-corrected chi connectivity index (χ0v) is 25.3. The van der Waals surface area contributed by atoms with Crippen LogP contribution >= 0.6 is 0 Å². The summed E-state index contributed by atoms with van der Waals surface area (Å²) in [5.41, 5.74) is 0.383. The topological polar surface area (TPSA) is 56.5 Å². The molecule has 1 unspecified atom stereocenters. The Kier molecular flexibility index (Phi) is 12.0. The second-order valence-corrected chi connectivity index (χ2v) is 13.2. The van der Waals surface area contributed by atoms with Crippen molar-refractivity contribution in [1.29, 1.82) is 0 Å². The SMILES string of the molecule is CCC(c1c(OC(=O)C[C@@H](CC)C2CCCCC2)cc([C@H](CC)CC2CCCCC2)oc1=O)C1CCCCC1. The molecule has 0 radical (unpaired) electrons. The van der Waals surface area contributed by atoms with Crippen LogP contribution in [0.2, 0.25) is 0 Å². The van der Waals surface area contributed by atoms with E-state index in [9.17, 15) is 9.59 Å². The van der Waals surface area contributed by atoms with Crippen molar-refractivity contribution in [2.24, 2.45) is 23.7 Å². The molecule has 3 atom stereocenters. The number of hydrogen-bond donors (Lipinski definition) is 0. The van der Waals surface area contributed by atoms with Crippen LogP contribution in [0.1, 0.15) is 172 Å². The van der Waals surface area contributed by atoms with Crippen molar-refractivity contribution in [2.75, 3.05) is 0 Å². The molecule has 3 saturated carbocycles. The van der Waals surface area contributed by atoms with Gasteiger partial charge in [-0.1, -0.05) is 111 Å². The van der Waals surface area contributed by atoms with Gasteiger partial charge in [0, 0.05) is 18.4 Å². The fourth-order valence-electron chi connectivity index (χ4n) is 8.37. The lowest BCUT2D eigenvalue weighted by Crippen LogP contribution is -2.26. The zero-order chi connectivity index (χ0) is 27.6. The molecule has 220 valence electrons. The molecule has 1 heterocycles. The van der Waals surface area contributed by atoms with Gasteiger partial charge in [-0.3, -0.25) is 4.79 Å². The highest BCUT2D eigenvalue weighted by Gasteiger charge is 2.33. The predicted molar refractivity (Wildman–Crippen MR) is 159 cm³/mol. The summed E-state index contributed by atoms with van der Waals surface area (Å²) < 4.78 is 12.4. The molecule has 0 N–H and O–H groups in total. The average Bonchev–Trinajstić information content (AvgIpc) is 2.97. The number of hydrogen-bond acceptors (Lipinski definition) is 4. The van der Waals surface area contributed by atoms with Gasteiger partial charge in [-0.2, -0.15) is 0 Å². The Morgan fingerprint density at radius 2 is 1.41 bits per heavy atom. The Morgan fingerprint density at radius 3 is 1.97 bits per heavy atom. The Bertz CT molecular complexity index is 930. The van der Waals surface area contributed by atoms with Crippen LogP contribution in [0.5, 0.6) is 5.75 Å². The number of carbonyl (C=O) groups excluding carboxylic acids is 1. The number of ether oxygens (including phenoxy) is 1. The van der Waals surface area contributed by atoms with Crippen molar-refractivity contribution in [2.45, 2.75) is 161 Å². The zero-order valence-electron chi connectivity index (χ0n) is 25.3. The Hall–Kier alpha value is -1.58. The van der Waals surface area contributed by atoms with Gasteiger partial charge in [0.15, 0.2) is 0 Å². The number of esters is 1.